The minimum absolute atomic E-state index is 0.00380. The highest BCUT2D eigenvalue weighted by molar-refractivity contribution is 6.20. The van der Waals surface area contributed by atoms with Gasteiger partial charge in [0.1, 0.15) is 5.60 Å². The summed E-state index contributed by atoms with van der Waals surface area (Å²) >= 11 is 5.41. The van der Waals surface area contributed by atoms with Crippen molar-refractivity contribution in [3.05, 3.63) is 0 Å². The van der Waals surface area contributed by atoms with Crippen LogP contribution in [0.1, 0.15) is 26.7 Å². The van der Waals surface area contributed by atoms with Crippen LogP contribution in [0.15, 0.2) is 0 Å². The van der Waals surface area contributed by atoms with Crippen LogP contribution in [0.2, 0.25) is 0 Å². The molecule has 0 aliphatic carbocycles. The summed E-state index contributed by atoms with van der Waals surface area (Å²) in [5.41, 5.74) is -1.28. The van der Waals surface area contributed by atoms with E-state index in [1.54, 1.807) is 13.8 Å². The van der Waals surface area contributed by atoms with Gasteiger partial charge in [-0.05, 0) is 6.42 Å². The molecule has 10 heavy (non-hydrogen) atoms. The van der Waals surface area contributed by atoms with E-state index in [1.807, 2.05) is 0 Å². The summed E-state index contributed by atoms with van der Waals surface area (Å²) < 4.78 is 0. The molecule has 0 aliphatic heterocycles. The molecule has 0 aromatic rings. The highest BCUT2D eigenvalue weighted by Crippen LogP contribution is 2.14. The van der Waals surface area contributed by atoms with E-state index >= 15 is 0 Å². The monoisotopic (exact) mass is 164 g/mol. The third-order valence-electron chi connectivity index (χ3n) is 1.65. The Kier molecular flexibility index (Phi) is 3.91. The van der Waals surface area contributed by atoms with E-state index < -0.39 is 5.60 Å². The largest absolute Gasteiger partial charge is 0.381 e. The van der Waals surface area contributed by atoms with Crippen LogP contribution in [-0.2, 0) is 4.79 Å². The number of hydrogen-bond donors (Lipinski definition) is 1. The normalized spacial score (nSPS) is 16.4. The molecular weight excluding hydrogens is 152 g/mol. The van der Waals surface area contributed by atoms with Crippen LogP contribution in [0.25, 0.3) is 0 Å². The SMILES string of the molecule is CCC(=O)C(O)(CC)CCl. The molecular formula is C7H13ClO2. The van der Waals surface area contributed by atoms with Gasteiger partial charge in [-0.2, -0.15) is 0 Å². The standard InChI is InChI=1S/C7H13ClO2/c1-3-6(9)7(10,4-2)5-8/h10H,3-5H2,1-2H3. The predicted molar refractivity (Wildman–Crippen MR) is 41.3 cm³/mol. The number of carbonyl (C=O) groups excluding carboxylic acids is 1. The minimum atomic E-state index is -1.28. The van der Waals surface area contributed by atoms with Crippen LogP contribution in [0.4, 0.5) is 0 Å². The van der Waals surface area contributed by atoms with E-state index in [4.69, 9.17) is 11.6 Å². The maximum atomic E-state index is 11.0. The second kappa shape index (κ2) is 3.94. The molecule has 1 unspecified atom stereocenters. The van der Waals surface area contributed by atoms with E-state index in [0.29, 0.717) is 12.8 Å². The first kappa shape index (κ1) is 9.92. The van der Waals surface area contributed by atoms with Gasteiger partial charge in [-0.25, -0.2) is 0 Å². The van der Waals surface area contributed by atoms with Gasteiger partial charge in [-0.3, -0.25) is 4.79 Å². The fraction of sp³-hybridized carbons (Fsp3) is 0.857. The number of rotatable bonds is 4. The predicted octanol–water partition coefficient (Wildman–Crippen LogP) is 1.35. The number of ketones is 1. The Labute approximate surface area is 66.2 Å². The summed E-state index contributed by atoms with van der Waals surface area (Å²) in [5.74, 6) is -0.180. The molecule has 0 bridgehead atoms. The van der Waals surface area contributed by atoms with Crippen LogP contribution < -0.4 is 0 Å². The van der Waals surface area contributed by atoms with E-state index in [9.17, 15) is 9.90 Å². The summed E-state index contributed by atoms with van der Waals surface area (Å²) in [6.07, 6.45) is 0.736. The van der Waals surface area contributed by atoms with Crippen molar-refractivity contribution in [3.63, 3.8) is 0 Å². The van der Waals surface area contributed by atoms with Crippen molar-refractivity contribution < 1.29 is 9.90 Å². The molecule has 0 saturated heterocycles. The van der Waals surface area contributed by atoms with Crippen LogP contribution in [-0.4, -0.2) is 22.4 Å². The molecule has 0 heterocycles. The Morgan fingerprint density at radius 2 is 2.10 bits per heavy atom. The van der Waals surface area contributed by atoms with Crippen LogP contribution >= 0.6 is 11.6 Å². The van der Waals surface area contributed by atoms with E-state index in [0.717, 1.165) is 0 Å². The lowest BCUT2D eigenvalue weighted by Crippen LogP contribution is -2.39. The summed E-state index contributed by atoms with van der Waals surface area (Å²) in [6.45, 7) is 3.46. The molecule has 1 atom stereocenters. The quantitative estimate of drug-likeness (QED) is 0.637. The summed E-state index contributed by atoms with van der Waals surface area (Å²) in [5, 5.41) is 9.42. The summed E-state index contributed by atoms with van der Waals surface area (Å²) in [4.78, 5) is 11.0. The number of aliphatic hydroxyl groups is 1. The average Bonchev–Trinajstić information content (AvgIpc) is 2.01. The first-order valence-corrected chi connectivity index (χ1v) is 3.95. The van der Waals surface area contributed by atoms with Gasteiger partial charge in [0.15, 0.2) is 5.78 Å². The Morgan fingerprint density at radius 3 is 2.20 bits per heavy atom. The van der Waals surface area contributed by atoms with Crippen molar-refractivity contribution in [2.75, 3.05) is 5.88 Å². The fourth-order valence-corrected chi connectivity index (χ4v) is 1.03. The molecule has 0 aliphatic rings. The molecule has 3 heteroatoms. The topological polar surface area (TPSA) is 37.3 Å². The van der Waals surface area contributed by atoms with E-state index in [1.165, 1.54) is 0 Å². The number of carbonyl (C=O) groups is 1. The Hall–Kier alpha value is -0.0800. The second-order valence-corrected chi connectivity index (χ2v) is 2.56. The van der Waals surface area contributed by atoms with Gasteiger partial charge in [-0.15, -0.1) is 11.6 Å². The molecule has 60 valence electrons. The number of alkyl halides is 1. The number of Topliss-reactive ketones (excluding diaryl/α,β-unsaturated/α-hetero) is 1. The first-order chi connectivity index (χ1) is 4.60. The molecule has 0 spiro atoms. The maximum Gasteiger partial charge on any atom is 0.165 e. The van der Waals surface area contributed by atoms with Crippen molar-refractivity contribution >= 4 is 17.4 Å². The number of halogens is 1. The molecule has 1 N–H and O–H groups in total. The van der Waals surface area contributed by atoms with Crippen molar-refractivity contribution in [2.24, 2.45) is 0 Å². The lowest BCUT2D eigenvalue weighted by molar-refractivity contribution is -0.135. The Morgan fingerprint density at radius 1 is 1.60 bits per heavy atom. The molecule has 0 amide bonds. The van der Waals surface area contributed by atoms with Gasteiger partial charge >= 0.3 is 0 Å². The Balaban J connectivity index is 4.17. The fourth-order valence-electron chi connectivity index (χ4n) is 0.695. The van der Waals surface area contributed by atoms with Crippen LogP contribution in [0.3, 0.4) is 0 Å². The van der Waals surface area contributed by atoms with Gasteiger partial charge in [-0.1, -0.05) is 13.8 Å². The summed E-state index contributed by atoms with van der Waals surface area (Å²) in [7, 11) is 0. The average molecular weight is 165 g/mol. The van der Waals surface area contributed by atoms with Crippen LogP contribution in [0.5, 0.6) is 0 Å². The first-order valence-electron chi connectivity index (χ1n) is 3.42. The van der Waals surface area contributed by atoms with Crippen molar-refractivity contribution in [1.29, 1.82) is 0 Å². The molecule has 0 radical (unpaired) electrons. The zero-order valence-electron chi connectivity index (χ0n) is 6.35. The van der Waals surface area contributed by atoms with E-state index in [-0.39, 0.29) is 11.7 Å². The van der Waals surface area contributed by atoms with Crippen molar-refractivity contribution in [3.8, 4) is 0 Å². The highest BCUT2D eigenvalue weighted by atomic mass is 35.5. The smallest absolute Gasteiger partial charge is 0.165 e. The van der Waals surface area contributed by atoms with Gasteiger partial charge in [0, 0.05) is 6.42 Å². The number of hydrogen-bond acceptors (Lipinski definition) is 2. The van der Waals surface area contributed by atoms with Gasteiger partial charge in [0.05, 0.1) is 5.88 Å². The molecule has 0 aromatic carbocycles. The van der Waals surface area contributed by atoms with Gasteiger partial charge in [0.2, 0.25) is 0 Å². The lowest BCUT2D eigenvalue weighted by atomic mass is 9.96. The second-order valence-electron chi connectivity index (χ2n) is 2.30. The maximum absolute atomic E-state index is 11.0. The molecule has 0 fully saturated rings. The zero-order valence-corrected chi connectivity index (χ0v) is 7.11. The third-order valence-corrected chi connectivity index (χ3v) is 2.09. The summed E-state index contributed by atoms with van der Waals surface area (Å²) in [6, 6.07) is 0. The molecule has 0 rings (SSSR count). The highest BCUT2D eigenvalue weighted by Gasteiger charge is 2.30. The van der Waals surface area contributed by atoms with Crippen LogP contribution in [0, 0.1) is 0 Å². The molecule has 2 nitrogen and oxygen atoms in total. The Bertz CT molecular complexity index is 119. The third kappa shape index (κ3) is 1.96. The van der Waals surface area contributed by atoms with Crippen molar-refractivity contribution in [2.45, 2.75) is 32.3 Å². The van der Waals surface area contributed by atoms with Gasteiger partial charge < -0.3 is 5.11 Å². The van der Waals surface area contributed by atoms with Gasteiger partial charge in [0.25, 0.3) is 0 Å². The van der Waals surface area contributed by atoms with E-state index in [2.05, 4.69) is 0 Å². The lowest BCUT2D eigenvalue weighted by Gasteiger charge is -2.20. The molecule has 0 aromatic heterocycles. The minimum Gasteiger partial charge on any atom is -0.381 e. The zero-order chi connectivity index (χ0) is 8.20. The molecule has 0 saturated carbocycles. The van der Waals surface area contributed by atoms with Crippen molar-refractivity contribution in [1.82, 2.24) is 0 Å².